The minimum absolute atomic E-state index is 0.253. The molecule has 3 unspecified atom stereocenters. The van der Waals surface area contributed by atoms with E-state index in [9.17, 15) is 5.11 Å². The normalized spacial score (nSPS) is 24.3. The number of rotatable bonds is 4. The first kappa shape index (κ1) is 14.6. The van der Waals surface area contributed by atoms with E-state index in [1.807, 2.05) is 4.68 Å². The number of aromatic nitrogens is 2. The van der Waals surface area contributed by atoms with Crippen LogP contribution in [0, 0.1) is 11.8 Å². The lowest BCUT2D eigenvalue weighted by molar-refractivity contribution is 0.0714. The molecule has 0 spiro atoms. The number of fused-ring (bicyclic) bond motifs is 1. The maximum Gasteiger partial charge on any atom is 0.0729 e. The highest BCUT2D eigenvalue weighted by Gasteiger charge is 2.26. The van der Waals surface area contributed by atoms with Gasteiger partial charge in [0.05, 0.1) is 17.3 Å². The van der Waals surface area contributed by atoms with Crippen molar-refractivity contribution in [1.82, 2.24) is 9.78 Å². The first-order chi connectivity index (χ1) is 10.2. The zero-order valence-corrected chi connectivity index (χ0v) is 13.1. The van der Waals surface area contributed by atoms with Crippen LogP contribution in [0.15, 0.2) is 24.3 Å². The molecule has 1 fully saturated rings. The molecule has 1 aliphatic carbocycles. The summed E-state index contributed by atoms with van der Waals surface area (Å²) >= 11 is 0. The summed E-state index contributed by atoms with van der Waals surface area (Å²) in [7, 11) is 0. The van der Waals surface area contributed by atoms with E-state index in [1.54, 1.807) is 0 Å². The van der Waals surface area contributed by atoms with Gasteiger partial charge in [0.1, 0.15) is 0 Å². The summed E-state index contributed by atoms with van der Waals surface area (Å²) in [5.74, 6) is 1.20. The highest BCUT2D eigenvalue weighted by Crippen LogP contribution is 2.32. The minimum Gasteiger partial charge on any atom is -0.392 e. The molecule has 0 aliphatic heterocycles. The summed E-state index contributed by atoms with van der Waals surface area (Å²) in [6.45, 7) is 5.29. The number of aliphatic hydroxyl groups excluding tert-OH is 1. The third-order valence-corrected chi connectivity index (χ3v) is 4.96. The maximum absolute atomic E-state index is 10.6. The molecule has 1 aromatic carbocycles. The second-order valence-corrected chi connectivity index (χ2v) is 6.58. The number of hydrogen-bond donors (Lipinski definition) is 1. The molecule has 1 saturated carbocycles. The molecule has 114 valence electrons. The van der Waals surface area contributed by atoms with E-state index >= 15 is 0 Å². The van der Waals surface area contributed by atoms with Crippen LogP contribution in [-0.4, -0.2) is 21.0 Å². The Hall–Kier alpha value is -1.35. The minimum atomic E-state index is -0.253. The van der Waals surface area contributed by atoms with Crippen molar-refractivity contribution in [1.29, 1.82) is 0 Å². The molecule has 3 heteroatoms. The summed E-state index contributed by atoms with van der Waals surface area (Å²) in [5, 5.41) is 16.6. The fourth-order valence-electron chi connectivity index (χ4n) is 3.78. The summed E-state index contributed by atoms with van der Waals surface area (Å²) < 4.78 is 2.04. The zero-order valence-electron chi connectivity index (χ0n) is 13.1. The summed E-state index contributed by atoms with van der Waals surface area (Å²) in [6.07, 6.45) is 5.33. The van der Waals surface area contributed by atoms with Gasteiger partial charge in [-0.1, -0.05) is 38.0 Å². The van der Waals surface area contributed by atoms with Crippen LogP contribution in [-0.2, 0) is 13.0 Å². The highest BCUT2D eigenvalue weighted by molar-refractivity contribution is 5.82. The SMILES string of the molecule is CCn1nc(CC(O)C2CCCC(C)C2)c2ccccc21. The number of aliphatic hydroxyl groups is 1. The molecular formula is C18H26N2O. The van der Waals surface area contributed by atoms with Gasteiger partial charge in [0.25, 0.3) is 0 Å². The van der Waals surface area contributed by atoms with E-state index < -0.39 is 0 Å². The lowest BCUT2D eigenvalue weighted by atomic mass is 9.78. The van der Waals surface area contributed by atoms with Crippen LogP contribution >= 0.6 is 0 Å². The Balaban J connectivity index is 1.81. The van der Waals surface area contributed by atoms with Gasteiger partial charge in [0.2, 0.25) is 0 Å². The van der Waals surface area contributed by atoms with Crippen molar-refractivity contribution < 1.29 is 5.11 Å². The topological polar surface area (TPSA) is 38.0 Å². The van der Waals surface area contributed by atoms with Crippen LogP contribution in [0.3, 0.4) is 0 Å². The Kier molecular flexibility index (Phi) is 4.29. The lowest BCUT2D eigenvalue weighted by Crippen LogP contribution is -2.27. The number of para-hydroxylation sites is 1. The van der Waals surface area contributed by atoms with E-state index in [0.717, 1.165) is 31.0 Å². The Bertz CT molecular complexity index is 604. The van der Waals surface area contributed by atoms with Crippen molar-refractivity contribution in [3.8, 4) is 0 Å². The highest BCUT2D eigenvalue weighted by atomic mass is 16.3. The van der Waals surface area contributed by atoms with Gasteiger partial charge in [-0.05, 0) is 37.7 Å². The lowest BCUT2D eigenvalue weighted by Gasteiger charge is -2.30. The van der Waals surface area contributed by atoms with Crippen LogP contribution in [0.4, 0.5) is 0 Å². The Morgan fingerprint density at radius 2 is 2.14 bits per heavy atom. The molecule has 2 aromatic rings. The molecule has 1 heterocycles. The van der Waals surface area contributed by atoms with Gasteiger partial charge in [-0.25, -0.2) is 0 Å². The van der Waals surface area contributed by atoms with Crippen LogP contribution in [0.1, 0.15) is 45.2 Å². The van der Waals surface area contributed by atoms with Gasteiger partial charge in [0, 0.05) is 18.4 Å². The molecule has 1 N–H and O–H groups in total. The van der Waals surface area contributed by atoms with E-state index in [4.69, 9.17) is 5.10 Å². The van der Waals surface area contributed by atoms with E-state index in [2.05, 4.69) is 38.1 Å². The van der Waals surface area contributed by atoms with Crippen molar-refractivity contribution in [2.24, 2.45) is 11.8 Å². The van der Waals surface area contributed by atoms with Crippen molar-refractivity contribution >= 4 is 10.9 Å². The number of benzene rings is 1. The first-order valence-corrected chi connectivity index (χ1v) is 8.31. The molecule has 0 saturated heterocycles. The van der Waals surface area contributed by atoms with Crippen molar-refractivity contribution in [3.05, 3.63) is 30.0 Å². The predicted molar refractivity (Wildman–Crippen MR) is 86.2 cm³/mol. The number of hydrogen-bond acceptors (Lipinski definition) is 2. The van der Waals surface area contributed by atoms with Gasteiger partial charge in [0.15, 0.2) is 0 Å². The summed E-state index contributed by atoms with van der Waals surface area (Å²) in [6, 6.07) is 8.35. The molecule has 3 atom stereocenters. The first-order valence-electron chi connectivity index (χ1n) is 8.31. The predicted octanol–water partition coefficient (Wildman–Crippen LogP) is 3.79. The quantitative estimate of drug-likeness (QED) is 0.928. The average Bonchev–Trinajstić information content (AvgIpc) is 2.85. The third-order valence-electron chi connectivity index (χ3n) is 4.96. The van der Waals surface area contributed by atoms with Crippen molar-refractivity contribution in [2.75, 3.05) is 0 Å². The maximum atomic E-state index is 10.6. The fraction of sp³-hybridized carbons (Fsp3) is 0.611. The largest absolute Gasteiger partial charge is 0.392 e. The van der Waals surface area contributed by atoms with Crippen LogP contribution in [0.2, 0.25) is 0 Å². The number of aryl methyl sites for hydroxylation is 1. The van der Waals surface area contributed by atoms with Gasteiger partial charge >= 0.3 is 0 Å². The molecule has 1 aliphatic rings. The van der Waals surface area contributed by atoms with Gasteiger partial charge in [-0.15, -0.1) is 0 Å². The Morgan fingerprint density at radius 3 is 2.90 bits per heavy atom. The Morgan fingerprint density at radius 1 is 1.33 bits per heavy atom. The van der Waals surface area contributed by atoms with Crippen LogP contribution in [0.25, 0.3) is 10.9 Å². The summed E-state index contributed by atoms with van der Waals surface area (Å²) in [5.41, 5.74) is 2.23. The third kappa shape index (κ3) is 2.98. The smallest absolute Gasteiger partial charge is 0.0729 e. The molecule has 1 aromatic heterocycles. The molecule has 0 bridgehead atoms. The monoisotopic (exact) mass is 286 g/mol. The van der Waals surface area contributed by atoms with Crippen LogP contribution < -0.4 is 0 Å². The number of nitrogens with zero attached hydrogens (tertiary/aromatic N) is 2. The zero-order chi connectivity index (χ0) is 14.8. The molecular weight excluding hydrogens is 260 g/mol. The van der Waals surface area contributed by atoms with E-state index in [1.165, 1.54) is 23.7 Å². The summed E-state index contributed by atoms with van der Waals surface area (Å²) in [4.78, 5) is 0. The van der Waals surface area contributed by atoms with Crippen molar-refractivity contribution in [2.45, 2.75) is 58.6 Å². The van der Waals surface area contributed by atoms with E-state index in [0.29, 0.717) is 12.3 Å². The van der Waals surface area contributed by atoms with Crippen molar-refractivity contribution in [3.63, 3.8) is 0 Å². The second-order valence-electron chi connectivity index (χ2n) is 6.58. The average molecular weight is 286 g/mol. The Labute approximate surface area is 127 Å². The molecule has 0 radical (unpaired) electrons. The van der Waals surface area contributed by atoms with Crippen LogP contribution in [0.5, 0.6) is 0 Å². The van der Waals surface area contributed by atoms with Gasteiger partial charge in [-0.2, -0.15) is 5.10 Å². The van der Waals surface area contributed by atoms with Gasteiger partial charge < -0.3 is 5.11 Å². The molecule has 0 amide bonds. The van der Waals surface area contributed by atoms with Gasteiger partial charge in [-0.3, -0.25) is 4.68 Å². The van der Waals surface area contributed by atoms with E-state index in [-0.39, 0.29) is 6.10 Å². The fourth-order valence-corrected chi connectivity index (χ4v) is 3.78. The second kappa shape index (κ2) is 6.18. The molecule has 3 nitrogen and oxygen atoms in total. The molecule has 3 rings (SSSR count). The molecule has 21 heavy (non-hydrogen) atoms. The standard InChI is InChI=1S/C18H26N2O/c1-3-20-17-10-5-4-9-15(17)16(19-20)12-18(21)14-8-6-7-13(2)11-14/h4-5,9-10,13-14,18,21H,3,6-8,11-12H2,1-2H3.